The Morgan fingerprint density at radius 3 is 2.57 bits per heavy atom. The van der Waals surface area contributed by atoms with Crippen LogP contribution in [-0.4, -0.2) is 39.4 Å². The van der Waals surface area contributed by atoms with Crippen molar-refractivity contribution in [3.63, 3.8) is 0 Å². The molecule has 4 rings (SSSR count). The van der Waals surface area contributed by atoms with Gasteiger partial charge in [-0.2, -0.15) is 0 Å². The highest BCUT2D eigenvalue weighted by Crippen LogP contribution is 2.14. The van der Waals surface area contributed by atoms with Gasteiger partial charge in [-0.25, -0.2) is 9.78 Å². The second-order valence-electron chi connectivity index (χ2n) is 7.16. The number of fused-ring (bicyclic) bond motifs is 1. The summed E-state index contributed by atoms with van der Waals surface area (Å²) in [5.41, 5.74) is 1.13. The first-order valence-electron chi connectivity index (χ1n) is 9.90. The highest BCUT2D eigenvalue weighted by Gasteiger charge is 2.19. The zero-order valence-electron chi connectivity index (χ0n) is 16.4. The van der Waals surface area contributed by atoms with E-state index in [1.807, 2.05) is 30.3 Å². The molecule has 1 saturated heterocycles. The van der Waals surface area contributed by atoms with E-state index in [9.17, 15) is 14.4 Å². The van der Waals surface area contributed by atoms with Crippen molar-refractivity contribution in [3.8, 4) is 0 Å². The molecule has 2 amide bonds. The molecule has 1 N–H and O–H groups in total. The lowest BCUT2D eigenvalue weighted by atomic mass is 10.1. The van der Waals surface area contributed by atoms with Gasteiger partial charge in [-0.15, -0.1) is 0 Å². The monoisotopic (exact) mass is 406 g/mol. The molecule has 1 fully saturated rings. The number of benzene rings is 1. The molecule has 0 bridgehead atoms. The van der Waals surface area contributed by atoms with Gasteiger partial charge in [-0.3, -0.25) is 19.3 Å². The molecule has 0 aliphatic carbocycles. The van der Waals surface area contributed by atoms with Crippen LogP contribution in [0.1, 0.15) is 35.2 Å². The third kappa shape index (κ3) is 4.32. The van der Waals surface area contributed by atoms with Crippen LogP contribution in [0.15, 0.2) is 59.7 Å². The van der Waals surface area contributed by atoms with Crippen LogP contribution in [-0.2, 0) is 11.3 Å². The highest BCUT2D eigenvalue weighted by molar-refractivity contribution is 5.94. The van der Waals surface area contributed by atoms with Crippen molar-refractivity contribution in [3.05, 3.63) is 76.3 Å². The quantitative estimate of drug-likeness (QED) is 0.719. The number of rotatable bonds is 4. The van der Waals surface area contributed by atoms with E-state index in [-0.39, 0.29) is 18.2 Å². The van der Waals surface area contributed by atoms with Gasteiger partial charge in [0.05, 0.1) is 11.8 Å². The van der Waals surface area contributed by atoms with Gasteiger partial charge < -0.3 is 9.64 Å². The number of piperidine rings is 1. The number of hydrogen-bond donors (Lipinski definition) is 1. The number of nitrogens with zero attached hydrogens (tertiary/aromatic N) is 3. The van der Waals surface area contributed by atoms with Crippen molar-refractivity contribution in [2.24, 2.45) is 0 Å². The third-order valence-electron chi connectivity index (χ3n) is 5.04. The minimum absolute atomic E-state index is 0.0202. The Labute approximate surface area is 173 Å². The van der Waals surface area contributed by atoms with Crippen molar-refractivity contribution in [2.45, 2.75) is 25.9 Å². The Hall–Kier alpha value is -3.68. The lowest BCUT2D eigenvalue weighted by molar-refractivity contribution is 0.0723. The van der Waals surface area contributed by atoms with E-state index >= 15 is 0 Å². The number of carbonyl (C=O) groups excluding carboxylic acids is 2. The fourth-order valence-electron chi connectivity index (χ4n) is 3.44. The molecule has 0 radical (unpaired) electrons. The maximum Gasteiger partial charge on any atom is 0.412 e. The molecule has 1 aliphatic rings. The number of anilines is 1. The molecule has 1 aromatic carbocycles. The second kappa shape index (κ2) is 8.77. The van der Waals surface area contributed by atoms with E-state index in [2.05, 4.69) is 10.3 Å². The standard InChI is InChI=1S/C22H22N4O4/c27-20(25-11-5-2-6-12-25)17-9-10-19-23-13-18(21(28)26(19)14-17)24-22(29)30-15-16-7-3-1-4-8-16/h1,3-4,7-10,13-14H,2,5-6,11-12,15H2,(H,24,29). The predicted molar refractivity (Wildman–Crippen MR) is 111 cm³/mol. The molecular weight excluding hydrogens is 384 g/mol. The molecule has 154 valence electrons. The lowest BCUT2D eigenvalue weighted by Gasteiger charge is -2.26. The first-order chi connectivity index (χ1) is 14.6. The van der Waals surface area contributed by atoms with E-state index in [4.69, 9.17) is 4.74 Å². The second-order valence-corrected chi connectivity index (χ2v) is 7.16. The number of hydrogen-bond acceptors (Lipinski definition) is 5. The van der Waals surface area contributed by atoms with E-state index < -0.39 is 11.7 Å². The number of likely N-dealkylation sites (tertiary alicyclic amines) is 1. The van der Waals surface area contributed by atoms with Gasteiger partial charge in [0.2, 0.25) is 0 Å². The van der Waals surface area contributed by atoms with Gasteiger partial charge in [0.1, 0.15) is 17.9 Å². The van der Waals surface area contributed by atoms with Gasteiger partial charge in [-0.1, -0.05) is 30.3 Å². The molecular formula is C22H22N4O4. The van der Waals surface area contributed by atoms with Crippen molar-refractivity contribution >= 4 is 23.3 Å². The Kier molecular flexibility index (Phi) is 5.74. The molecule has 3 aromatic rings. The van der Waals surface area contributed by atoms with Crippen LogP contribution in [0, 0.1) is 0 Å². The summed E-state index contributed by atoms with van der Waals surface area (Å²) in [5, 5.41) is 2.43. The Morgan fingerprint density at radius 2 is 1.80 bits per heavy atom. The molecule has 3 heterocycles. The maximum atomic E-state index is 12.8. The zero-order valence-corrected chi connectivity index (χ0v) is 16.4. The number of carbonyl (C=O) groups is 2. The maximum absolute atomic E-state index is 12.8. The van der Waals surface area contributed by atoms with Crippen LogP contribution in [0.4, 0.5) is 10.5 Å². The summed E-state index contributed by atoms with van der Waals surface area (Å²) in [6.07, 6.45) is 5.11. The summed E-state index contributed by atoms with van der Waals surface area (Å²) in [5.74, 6) is -0.107. The van der Waals surface area contributed by atoms with Crippen LogP contribution in [0.25, 0.3) is 5.65 Å². The average Bonchev–Trinajstić information content (AvgIpc) is 2.80. The molecule has 0 atom stereocenters. The summed E-state index contributed by atoms with van der Waals surface area (Å²) in [6.45, 7) is 1.53. The summed E-state index contributed by atoms with van der Waals surface area (Å²) in [4.78, 5) is 43.6. The number of ether oxygens (including phenoxy) is 1. The van der Waals surface area contributed by atoms with Crippen LogP contribution in [0.3, 0.4) is 0 Å². The number of aromatic nitrogens is 2. The van der Waals surface area contributed by atoms with Crippen molar-refractivity contribution < 1.29 is 14.3 Å². The smallest absolute Gasteiger partial charge is 0.412 e. The fraction of sp³-hybridized carbons (Fsp3) is 0.273. The zero-order chi connectivity index (χ0) is 20.9. The van der Waals surface area contributed by atoms with Gasteiger partial charge in [-0.05, 0) is 37.0 Å². The van der Waals surface area contributed by atoms with Crippen molar-refractivity contribution in [1.82, 2.24) is 14.3 Å². The van der Waals surface area contributed by atoms with Crippen LogP contribution in [0.2, 0.25) is 0 Å². The minimum atomic E-state index is -0.752. The lowest BCUT2D eigenvalue weighted by Crippen LogP contribution is -2.36. The summed E-state index contributed by atoms with van der Waals surface area (Å²) >= 11 is 0. The molecule has 2 aromatic heterocycles. The summed E-state index contributed by atoms with van der Waals surface area (Å²) < 4.78 is 6.42. The summed E-state index contributed by atoms with van der Waals surface area (Å²) in [6, 6.07) is 12.5. The SMILES string of the molecule is O=C(Nc1cnc2ccc(C(=O)N3CCCCC3)cn2c1=O)OCc1ccccc1. The van der Waals surface area contributed by atoms with E-state index in [1.54, 1.807) is 17.0 Å². The largest absolute Gasteiger partial charge is 0.444 e. The number of nitrogens with one attached hydrogen (secondary N) is 1. The summed E-state index contributed by atoms with van der Waals surface area (Å²) in [7, 11) is 0. The molecule has 0 unspecified atom stereocenters. The van der Waals surface area contributed by atoms with Gasteiger partial charge in [0.15, 0.2) is 0 Å². The Morgan fingerprint density at radius 1 is 1.03 bits per heavy atom. The Balaban J connectivity index is 1.51. The highest BCUT2D eigenvalue weighted by atomic mass is 16.5. The van der Waals surface area contributed by atoms with E-state index in [1.165, 1.54) is 16.8 Å². The first-order valence-corrected chi connectivity index (χ1v) is 9.90. The molecule has 8 nitrogen and oxygen atoms in total. The topological polar surface area (TPSA) is 93.0 Å². The molecule has 8 heteroatoms. The van der Waals surface area contributed by atoms with Gasteiger partial charge in [0, 0.05) is 19.3 Å². The molecule has 0 saturated carbocycles. The Bertz CT molecular complexity index is 1120. The van der Waals surface area contributed by atoms with Gasteiger partial charge >= 0.3 is 6.09 Å². The predicted octanol–water partition coefficient (Wildman–Crippen LogP) is 3.07. The van der Waals surface area contributed by atoms with E-state index in [0.29, 0.717) is 11.2 Å². The first kappa shape index (κ1) is 19.6. The minimum Gasteiger partial charge on any atom is -0.444 e. The molecule has 0 spiro atoms. The number of pyridine rings is 1. The third-order valence-corrected chi connectivity index (χ3v) is 5.04. The van der Waals surface area contributed by atoms with Crippen molar-refractivity contribution in [1.29, 1.82) is 0 Å². The average molecular weight is 406 g/mol. The van der Waals surface area contributed by atoms with Crippen LogP contribution < -0.4 is 10.9 Å². The van der Waals surface area contributed by atoms with Gasteiger partial charge in [0.25, 0.3) is 11.5 Å². The molecule has 30 heavy (non-hydrogen) atoms. The normalized spacial score (nSPS) is 13.8. The van der Waals surface area contributed by atoms with Crippen LogP contribution >= 0.6 is 0 Å². The fourth-order valence-corrected chi connectivity index (χ4v) is 3.44. The van der Waals surface area contributed by atoms with Crippen LogP contribution in [0.5, 0.6) is 0 Å². The van der Waals surface area contributed by atoms with Crippen molar-refractivity contribution in [2.75, 3.05) is 18.4 Å². The molecule has 1 aliphatic heterocycles. The number of amides is 2. The van der Waals surface area contributed by atoms with E-state index in [0.717, 1.165) is 37.9 Å².